The maximum absolute atomic E-state index is 10.7. The van der Waals surface area contributed by atoms with Crippen LogP contribution in [0.25, 0.3) is 0 Å². The lowest BCUT2D eigenvalue weighted by atomic mass is 10.5. The third-order valence-electron chi connectivity index (χ3n) is 0.925. The highest BCUT2D eigenvalue weighted by molar-refractivity contribution is 6.34. The summed E-state index contributed by atoms with van der Waals surface area (Å²) in [6.45, 7) is 0. The Kier molecular flexibility index (Phi) is 3.47. The van der Waals surface area contributed by atoms with E-state index in [4.69, 9.17) is 0 Å². The first-order valence-corrected chi connectivity index (χ1v) is 2.77. The zero-order chi connectivity index (χ0) is 9.72. The summed E-state index contributed by atoms with van der Waals surface area (Å²) in [6.07, 6.45) is 0. The molecule has 0 aliphatic carbocycles. The number of hydrogen-bond donors (Lipinski definition) is 0. The molecular formula is C4H6N4O4. The SMILES string of the molecule is CN(C)C(=O)C(=O)N(N=O)N=O. The van der Waals surface area contributed by atoms with Gasteiger partial charge in [-0.15, -0.1) is 9.81 Å². The van der Waals surface area contributed by atoms with E-state index in [0.717, 1.165) is 4.90 Å². The van der Waals surface area contributed by atoms with Crippen molar-refractivity contribution in [2.45, 2.75) is 0 Å². The molecule has 0 N–H and O–H groups in total. The average molecular weight is 174 g/mol. The Labute approximate surface area is 67.0 Å². The molecule has 0 rings (SSSR count). The molecule has 2 amide bonds. The van der Waals surface area contributed by atoms with Gasteiger partial charge in [0.05, 0.1) is 10.6 Å². The summed E-state index contributed by atoms with van der Waals surface area (Å²) in [6, 6.07) is 0. The molecule has 0 radical (unpaired) electrons. The van der Waals surface area contributed by atoms with Gasteiger partial charge in [0.2, 0.25) is 0 Å². The number of nitrogens with zero attached hydrogens (tertiary/aromatic N) is 4. The molecular weight excluding hydrogens is 168 g/mol. The number of carbonyl (C=O) groups excluding carboxylic acids is 2. The molecule has 0 saturated carbocycles. The Morgan fingerprint density at radius 2 is 1.42 bits per heavy atom. The molecule has 0 aliphatic rings. The van der Waals surface area contributed by atoms with Crippen molar-refractivity contribution < 1.29 is 9.59 Å². The quantitative estimate of drug-likeness (QED) is 0.313. The molecule has 8 nitrogen and oxygen atoms in total. The van der Waals surface area contributed by atoms with Crippen molar-refractivity contribution >= 4 is 11.8 Å². The first-order chi connectivity index (χ1) is 5.54. The van der Waals surface area contributed by atoms with E-state index < -0.39 is 11.8 Å². The molecule has 8 heteroatoms. The number of likely N-dealkylation sites (N-methyl/N-ethyl adjacent to an activating group) is 1. The highest BCUT2D eigenvalue weighted by Crippen LogP contribution is 1.93. The van der Waals surface area contributed by atoms with E-state index in [9.17, 15) is 19.4 Å². The Balaban J connectivity index is 4.47. The van der Waals surface area contributed by atoms with Crippen molar-refractivity contribution in [2.24, 2.45) is 10.6 Å². The number of amides is 2. The van der Waals surface area contributed by atoms with Crippen LogP contribution in [0.15, 0.2) is 10.6 Å². The highest BCUT2D eigenvalue weighted by atomic mass is 16.4. The number of carbonyl (C=O) groups is 2. The molecule has 0 spiro atoms. The van der Waals surface area contributed by atoms with Gasteiger partial charge in [0, 0.05) is 14.1 Å². The van der Waals surface area contributed by atoms with E-state index >= 15 is 0 Å². The lowest BCUT2D eigenvalue weighted by Crippen LogP contribution is -2.37. The van der Waals surface area contributed by atoms with Crippen molar-refractivity contribution in [3.63, 3.8) is 0 Å². The summed E-state index contributed by atoms with van der Waals surface area (Å²) in [5, 5.41) is 3.48. The van der Waals surface area contributed by atoms with Crippen molar-refractivity contribution in [3.8, 4) is 0 Å². The van der Waals surface area contributed by atoms with Crippen molar-refractivity contribution in [2.75, 3.05) is 14.1 Å². The Hall–Kier alpha value is -1.86. The standard InChI is InChI=1S/C4H6N4O4/c1-7(2)3(9)4(10)8(5-11)6-12/h1-2H3. The zero-order valence-corrected chi connectivity index (χ0v) is 6.42. The summed E-state index contributed by atoms with van der Waals surface area (Å²) in [7, 11) is 2.57. The third kappa shape index (κ3) is 2.08. The molecule has 0 aromatic carbocycles. The van der Waals surface area contributed by atoms with Crippen molar-refractivity contribution in [3.05, 3.63) is 9.81 Å². The topological polar surface area (TPSA) is 99.5 Å². The van der Waals surface area contributed by atoms with E-state index in [1.165, 1.54) is 14.1 Å². The third-order valence-corrected chi connectivity index (χ3v) is 0.925. The van der Waals surface area contributed by atoms with Crippen LogP contribution in [0.2, 0.25) is 0 Å². The van der Waals surface area contributed by atoms with Crippen LogP contribution in [-0.2, 0) is 9.59 Å². The molecule has 0 aromatic heterocycles. The average Bonchev–Trinajstić information content (AvgIpc) is 2.05. The minimum atomic E-state index is -1.38. The summed E-state index contributed by atoms with van der Waals surface area (Å²) < 4.78 is 0. The monoisotopic (exact) mass is 174 g/mol. The molecule has 0 aliphatic heterocycles. The minimum Gasteiger partial charge on any atom is -0.340 e. The van der Waals surface area contributed by atoms with Gasteiger partial charge < -0.3 is 4.90 Å². The van der Waals surface area contributed by atoms with Crippen LogP contribution < -0.4 is 0 Å². The van der Waals surface area contributed by atoms with Crippen LogP contribution in [0.1, 0.15) is 0 Å². The Bertz CT molecular complexity index is 217. The van der Waals surface area contributed by atoms with Crippen LogP contribution in [0.3, 0.4) is 0 Å². The summed E-state index contributed by atoms with van der Waals surface area (Å²) >= 11 is 0. The van der Waals surface area contributed by atoms with Gasteiger partial charge in [-0.05, 0) is 5.12 Å². The van der Waals surface area contributed by atoms with Gasteiger partial charge in [0.1, 0.15) is 0 Å². The summed E-state index contributed by atoms with van der Waals surface area (Å²) in [4.78, 5) is 41.7. The molecule has 66 valence electrons. The maximum Gasteiger partial charge on any atom is 0.358 e. The first-order valence-electron chi connectivity index (χ1n) is 2.77. The van der Waals surface area contributed by atoms with Crippen LogP contribution in [0.5, 0.6) is 0 Å². The van der Waals surface area contributed by atoms with Crippen LogP contribution in [0.4, 0.5) is 0 Å². The largest absolute Gasteiger partial charge is 0.358 e. The van der Waals surface area contributed by atoms with E-state index in [-0.39, 0.29) is 5.12 Å². The predicted octanol–water partition coefficient (Wildman–Crippen LogP) is -0.734. The van der Waals surface area contributed by atoms with E-state index in [0.29, 0.717) is 0 Å². The fourth-order valence-corrected chi connectivity index (χ4v) is 0.366. The van der Waals surface area contributed by atoms with Gasteiger partial charge in [-0.25, -0.2) is 0 Å². The normalized spacial score (nSPS) is 8.50. The lowest BCUT2D eigenvalue weighted by Gasteiger charge is -2.08. The Morgan fingerprint density at radius 1 is 1.00 bits per heavy atom. The second-order valence-electron chi connectivity index (χ2n) is 1.96. The Morgan fingerprint density at radius 3 is 1.67 bits per heavy atom. The van der Waals surface area contributed by atoms with E-state index in [1.54, 1.807) is 0 Å². The van der Waals surface area contributed by atoms with Crippen LogP contribution in [0, 0.1) is 9.81 Å². The minimum absolute atomic E-state index is 0.359. The smallest absolute Gasteiger partial charge is 0.340 e. The lowest BCUT2D eigenvalue weighted by molar-refractivity contribution is -0.150. The molecule has 12 heavy (non-hydrogen) atoms. The van der Waals surface area contributed by atoms with E-state index in [2.05, 4.69) is 0 Å². The molecule has 0 unspecified atom stereocenters. The molecule has 0 saturated heterocycles. The van der Waals surface area contributed by atoms with Gasteiger partial charge >= 0.3 is 11.8 Å². The first kappa shape index (κ1) is 10.1. The van der Waals surface area contributed by atoms with Crippen LogP contribution in [-0.4, -0.2) is 35.9 Å². The van der Waals surface area contributed by atoms with Crippen molar-refractivity contribution in [1.82, 2.24) is 10.0 Å². The molecule has 0 fully saturated rings. The molecule has 0 atom stereocenters. The van der Waals surface area contributed by atoms with E-state index in [1.807, 2.05) is 10.6 Å². The van der Waals surface area contributed by atoms with Gasteiger partial charge in [-0.2, -0.15) is 0 Å². The van der Waals surface area contributed by atoms with Gasteiger partial charge in [0.25, 0.3) is 0 Å². The second-order valence-corrected chi connectivity index (χ2v) is 1.96. The summed E-state index contributed by atoms with van der Waals surface area (Å²) in [5.74, 6) is -2.43. The van der Waals surface area contributed by atoms with Gasteiger partial charge in [0.15, 0.2) is 0 Å². The maximum atomic E-state index is 10.7. The predicted molar refractivity (Wildman–Crippen MR) is 37.1 cm³/mol. The highest BCUT2D eigenvalue weighted by Gasteiger charge is 2.25. The molecule has 0 heterocycles. The fourth-order valence-electron chi connectivity index (χ4n) is 0.366. The fraction of sp³-hybridized carbons (Fsp3) is 0.500. The summed E-state index contributed by atoms with van der Waals surface area (Å²) in [5.41, 5.74) is 0. The van der Waals surface area contributed by atoms with Crippen LogP contribution >= 0.6 is 0 Å². The van der Waals surface area contributed by atoms with Crippen molar-refractivity contribution in [1.29, 1.82) is 0 Å². The molecule has 0 aromatic rings. The molecule has 0 bridgehead atoms. The number of hydrogen-bond acceptors (Lipinski definition) is 6. The van der Waals surface area contributed by atoms with Gasteiger partial charge in [-0.3, -0.25) is 9.59 Å². The second kappa shape index (κ2) is 4.11. The zero-order valence-electron chi connectivity index (χ0n) is 6.42. The number of rotatable bonds is 2. The number of nitroso groups, excluding NO2 is 2. The van der Waals surface area contributed by atoms with Gasteiger partial charge in [-0.1, -0.05) is 0 Å².